The lowest BCUT2D eigenvalue weighted by molar-refractivity contribution is -0.384. The molecule has 0 aliphatic carbocycles. The molecular formula is C37H25Cl4N3O9. The van der Waals surface area contributed by atoms with Crippen LogP contribution in [0.15, 0.2) is 91.0 Å². The van der Waals surface area contributed by atoms with Crippen LogP contribution in [0, 0.1) is 10.1 Å². The Morgan fingerprint density at radius 2 is 1.55 bits per heavy atom. The zero-order valence-corrected chi connectivity index (χ0v) is 30.2. The maximum Gasteiger partial charge on any atom is 0.413 e. The minimum atomic E-state index is -1.73. The monoisotopic (exact) mass is 795 g/mol. The lowest BCUT2D eigenvalue weighted by atomic mass is 9.77. The van der Waals surface area contributed by atoms with Crippen LogP contribution in [0.5, 0.6) is 17.2 Å². The lowest BCUT2D eigenvalue weighted by Gasteiger charge is -2.37. The second kappa shape index (κ2) is 14.0. The van der Waals surface area contributed by atoms with Crippen LogP contribution in [-0.2, 0) is 10.3 Å². The number of nitro benzene ring substituents is 1. The number of para-hydroxylation sites is 1. The van der Waals surface area contributed by atoms with E-state index in [9.17, 15) is 29.9 Å². The number of aliphatic hydroxyl groups excluding tert-OH is 2. The second-order valence-corrected chi connectivity index (χ2v) is 13.5. The van der Waals surface area contributed by atoms with Crippen molar-refractivity contribution >= 4 is 75.5 Å². The molecular weight excluding hydrogens is 772 g/mol. The summed E-state index contributed by atoms with van der Waals surface area (Å²) in [5, 5.41) is 33.8. The van der Waals surface area contributed by atoms with E-state index in [1.165, 1.54) is 42.5 Å². The number of halogens is 4. The summed E-state index contributed by atoms with van der Waals surface area (Å²) in [7, 11) is 1.87. The zero-order chi connectivity index (χ0) is 37.8. The highest BCUT2D eigenvalue weighted by molar-refractivity contribution is 6.53. The fraction of sp³-hybridized carbons (Fsp3) is 0.135. The molecule has 53 heavy (non-hydrogen) atoms. The molecule has 3 N–H and O–H groups in total. The van der Waals surface area contributed by atoms with Crippen LogP contribution in [0.25, 0.3) is 0 Å². The van der Waals surface area contributed by atoms with Gasteiger partial charge in [-0.3, -0.25) is 10.1 Å². The predicted octanol–water partition coefficient (Wildman–Crippen LogP) is 8.73. The molecule has 1 spiro atoms. The number of hydrogen-bond donors (Lipinski definition) is 3. The Balaban J connectivity index is 1.27. The SMILES string of the molecule is CN(c1ccccc1)c1ccc2c(c1)Oc1cc(OC(=O)NC(CO)[C@@H](O)c3ccc([N+](=O)[O-])cc3)ccc1C21OC(=O)c2c(Cl)c(Cl)c(Cl)c(Cl)c21. The largest absolute Gasteiger partial charge is 0.456 e. The number of nitrogens with one attached hydrogen (secondary N) is 1. The van der Waals surface area contributed by atoms with E-state index >= 15 is 0 Å². The van der Waals surface area contributed by atoms with E-state index in [4.69, 9.17) is 60.6 Å². The summed E-state index contributed by atoms with van der Waals surface area (Å²) < 4.78 is 18.2. The number of nitro groups is 1. The number of hydrogen-bond acceptors (Lipinski definition) is 10. The molecule has 12 nitrogen and oxygen atoms in total. The Morgan fingerprint density at radius 1 is 0.906 bits per heavy atom. The lowest BCUT2D eigenvalue weighted by Crippen LogP contribution is -2.43. The fourth-order valence-corrected chi connectivity index (χ4v) is 7.48. The first-order valence-electron chi connectivity index (χ1n) is 15.7. The number of anilines is 2. The predicted molar refractivity (Wildman–Crippen MR) is 197 cm³/mol. The Bertz CT molecular complexity index is 2310. The molecule has 0 saturated heterocycles. The summed E-state index contributed by atoms with van der Waals surface area (Å²) in [6.45, 7) is -0.694. The van der Waals surface area contributed by atoms with Gasteiger partial charge in [0.2, 0.25) is 0 Å². The topological polar surface area (TPSA) is 161 Å². The summed E-state index contributed by atoms with van der Waals surface area (Å²) in [4.78, 5) is 39.0. The average Bonchev–Trinajstić information content (AvgIpc) is 3.47. The Labute approximate surface area is 321 Å². The van der Waals surface area contributed by atoms with Gasteiger partial charge in [0.05, 0.1) is 43.2 Å². The number of ether oxygens (including phenoxy) is 3. The molecule has 5 aromatic carbocycles. The summed E-state index contributed by atoms with van der Waals surface area (Å²) in [6.07, 6.45) is -2.48. The Kier molecular flexibility index (Phi) is 9.62. The number of carbonyl (C=O) groups excluding carboxylic acids is 2. The molecule has 2 aliphatic rings. The van der Waals surface area contributed by atoms with Gasteiger partial charge in [-0.2, -0.15) is 0 Å². The van der Waals surface area contributed by atoms with Gasteiger partial charge in [-0.15, -0.1) is 0 Å². The van der Waals surface area contributed by atoms with Gasteiger partial charge in [0.25, 0.3) is 5.69 Å². The highest BCUT2D eigenvalue weighted by Gasteiger charge is 2.56. The minimum Gasteiger partial charge on any atom is -0.456 e. The summed E-state index contributed by atoms with van der Waals surface area (Å²) in [5.41, 5.74) is 0.658. The molecule has 2 aliphatic heterocycles. The van der Waals surface area contributed by atoms with Crippen molar-refractivity contribution in [3.8, 4) is 17.2 Å². The van der Waals surface area contributed by atoms with E-state index in [1.807, 2.05) is 48.3 Å². The van der Waals surface area contributed by atoms with Gasteiger partial charge in [-0.1, -0.05) is 64.6 Å². The van der Waals surface area contributed by atoms with Crippen molar-refractivity contribution < 1.29 is 38.9 Å². The highest BCUT2D eigenvalue weighted by Crippen LogP contribution is 2.61. The molecule has 0 saturated carbocycles. The van der Waals surface area contributed by atoms with E-state index < -0.39 is 41.3 Å². The van der Waals surface area contributed by atoms with Crippen LogP contribution in [0.1, 0.15) is 38.7 Å². The van der Waals surface area contributed by atoms with Crippen molar-refractivity contribution in [1.29, 1.82) is 0 Å². The average molecular weight is 797 g/mol. The van der Waals surface area contributed by atoms with Gasteiger partial charge in [-0.05, 0) is 54.1 Å². The van der Waals surface area contributed by atoms with Gasteiger partial charge < -0.3 is 34.6 Å². The van der Waals surface area contributed by atoms with Crippen molar-refractivity contribution in [1.82, 2.24) is 5.32 Å². The van der Waals surface area contributed by atoms with Crippen molar-refractivity contribution in [2.75, 3.05) is 18.6 Å². The molecule has 0 fully saturated rings. The van der Waals surface area contributed by atoms with E-state index in [1.54, 1.807) is 12.1 Å². The number of benzene rings is 5. The van der Waals surface area contributed by atoms with Gasteiger partial charge in [-0.25, -0.2) is 9.59 Å². The number of esters is 1. The quantitative estimate of drug-likeness (QED) is 0.0456. The number of fused-ring (bicyclic) bond motifs is 6. The van der Waals surface area contributed by atoms with E-state index in [0.29, 0.717) is 16.8 Å². The number of rotatable bonds is 8. The number of carbonyl (C=O) groups is 2. The first-order chi connectivity index (χ1) is 25.3. The Hall–Kier alpha value is -5.08. The third kappa shape index (κ3) is 6.17. The molecule has 0 bridgehead atoms. The van der Waals surface area contributed by atoms with Crippen LogP contribution in [0.2, 0.25) is 20.1 Å². The molecule has 16 heteroatoms. The van der Waals surface area contributed by atoms with Gasteiger partial charge in [0.15, 0.2) is 5.60 Å². The third-order valence-corrected chi connectivity index (χ3v) is 10.8. The highest BCUT2D eigenvalue weighted by atomic mass is 35.5. The van der Waals surface area contributed by atoms with E-state index in [-0.39, 0.29) is 59.7 Å². The normalized spacial score (nSPS) is 16.4. The van der Waals surface area contributed by atoms with E-state index in [2.05, 4.69) is 5.32 Å². The van der Waals surface area contributed by atoms with Crippen molar-refractivity contribution in [3.63, 3.8) is 0 Å². The minimum absolute atomic E-state index is 0.0262. The molecule has 5 aromatic rings. The summed E-state index contributed by atoms with van der Waals surface area (Å²) >= 11 is 26.3. The second-order valence-electron chi connectivity index (χ2n) is 12.0. The van der Waals surface area contributed by atoms with Gasteiger partial charge in [0, 0.05) is 59.4 Å². The molecule has 2 unspecified atom stereocenters. The van der Waals surface area contributed by atoms with Crippen LogP contribution >= 0.6 is 46.4 Å². The molecule has 3 atom stereocenters. The smallest absolute Gasteiger partial charge is 0.413 e. The molecule has 270 valence electrons. The molecule has 7 rings (SSSR count). The van der Waals surface area contributed by atoms with Gasteiger partial charge >= 0.3 is 12.1 Å². The van der Waals surface area contributed by atoms with Crippen LogP contribution in [0.4, 0.5) is 21.9 Å². The number of non-ortho nitro benzene ring substituents is 1. The maximum atomic E-state index is 13.6. The first kappa shape index (κ1) is 36.3. The number of aliphatic hydroxyl groups is 2. The van der Waals surface area contributed by atoms with Gasteiger partial charge in [0.1, 0.15) is 23.4 Å². The summed E-state index contributed by atoms with van der Waals surface area (Å²) in [6, 6.07) is 23.0. The van der Waals surface area contributed by atoms with Crippen LogP contribution in [0.3, 0.4) is 0 Å². The van der Waals surface area contributed by atoms with Crippen molar-refractivity contribution in [3.05, 3.63) is 149 Å². The number of nitrogens with zero attached hydrogens (tertiary/aromatic N) is 2. The molecule has 0 radical (unpaired) electrons. The van der Waals surface area contributed by atoms with E-state index in [0.717, 1.165) is 5.69 Å². The number of amides is 1. The van der Waals surface area contributed by atoms with Crippen molar-refractivity contribution in [2.45, 2.75) is 17.7 Å². The molecule has 2 heterocycles. The fourth-order valence-electron chi connectivity index (χ4n) is 6.41. The summed E-state index contributed by atoms with van der Waals surface area (Å²) in [5.74, 6) is -0.450. The van der Waals surface area contributed by atoms with Crippen molar-refractivity contribution in [2.24, 2.45) is 0 Å². The standard InChI is InChI=1S/C37H25Cl4N3O9/c1-43(19-5-3-2-4-6-19)21-11-13-23-26(15-21)52-27-16-22(51-36(48)42-25(17-45)34(46)18-7-9-20(10-8-18)44(49)50)12-14-24(27)37(23)29-28(35(47)53-37)30(38)32(40)33(41)31(29)39/h2-16,25,34,45-46H,17H2,1H3,(H,42,48)/t25?,34-,37?/m0/s1. The maximum absolute atomic E-state index is 13.6. The molecule has 1 amide bonds. The van der Waals surface area contributed by atoms with Crippen LogP contribution in [-0.4, -0.2) is 46.9 Å². The van der Waals surface area contributed by atoms with Crippen LogP contribution < -0.4 is 19.7 Å². The Morgan fingerprint density at radius 3 is 2.21 bits per heavy atom. The first-order valence-corrected chi connectivity index (χ1v) is 17.2. The third-order valence-electron chi connectivity index (χ3n) is 9.03. The zero-order valence-electron chi connectivity index (χ0n) is 27.2. The molecule has 0 aromatic heterocycles.